The van der Waals surface area contributed by atoms with Gasteiger partial charge >= 0.3 is 6.09 Å². The van der Waals surface area contributed by atoms with Gasteiger partial charge in [-0.3, -0.25) is 0 Å². The number of carbonyl (C=O) groups excluding carboxylic acids is 1. The van der Waals surface area contributed by atoms with Gasteiger partial charge in [-0.05, 0) is 24.1 Å². The molecule has 4 nitrogen and oxygen atoms in total. The first-order valence-corrected chi connectivity index (χ1v) is 5.20. The van der Waals surface area contributed by atoms with Crippen molar-refractivity contribution in [2.75, 3.05) is 27.8 Å². The van der Waals surface area contributed by atoms with Crippen molar-refractivity contribution >= 4 is 6.09 Å². The van der Waals surface area contributed by atoms with Crippen LogP contribution in [0, 0.1) is 5.82 Å². The van der Waals surface area contributed by atoms with Gasteiger partial charge in [0.25, 0.3) is 0 Å². The van der Waals surface area contributed by atoms with Crippen LogP contribution in [-0.2, 0) is 11.2 Å². The van der Waals surface area contributed by atoms with Crippen LogP contribution in [0.4, 0.5) is 9.18 Å². The van der Waals surface area contributed by atoms with Crippen molar-refractivity contribution < 1.29 is 18.7 Å². The molecule has 0 saturated carbocycles. The highest BCUT2D eigenvalue weighted by molar-refractivity contribution is 5.66. The Morgan fingerprint density at radius 3 is 2.65 bits per heavy atom. The summed E-state index contributed by atoms with van der Waals surface area (Å²) in [5.41, 5.74) is 0.805. The molecule has 0 N–H and O–H groups in total. The molecule has 1 aromatic rings. The van der Waals surface area contributed by atoms with Gasteiger partial charge < -0.3 is 14.4 Å². The van der Waals surface area contributed by atoms with Gasteiger partial charge in [0.1, 0.15) is 0 Å². The highest BCUT2D eigenvalue weighted by Gasteiger charge is 2.09. The molecular formula is C12H16FNO3. The lowest BCUT2D eigenvalue weighted by Crippen LogP contribution is -2.28. The average molecular weight is 241 g/mol. The van der Waals surface area contributed by atoms with Gasteiger partial charge in [0.05, 0.1) is 14.2 Å². The van der Waals surface area contributed by atoms with Crippen LogP contribution in [0.1, 0.15) is 5.56 Å². The Morgan fingerprint density at radius 2 is 2.12 bits per heavy atom. The zero-order valence-corrected chi connectivity index (χ0v) is 10.2. The highest BCUT2D eigenvalue weighted by atomic mass is 19.1. The predicted molar refractivity (Wildman–Crippen MR) is 61.7 cm³/mol. The van der Waals surface area contributed by atoms with Crippen LogP contribution < -0.4 is 4.74 Å². The van der Waals surface area contributed by atoms with E-state index in [0.717, 1.165) is 5.56 Å². The molecule has 0 heterocycles. The molecule has 1 rings (SSSR count). The smallest absolute Gasteiger partial charge is 0.409 e. The molecule has 0 aliphatic carbocycles. The molecule has 0 spiro atoms. The summed E-state index contributed by atoms with van der Waals surface area (Å²) in [4.78, 5) is 12.5. The van der Waals surface area contributed by atoms with Crippen LogP contribution in [0.2, 0.25) is 0 Å². The Balaban J connectivity index is 2.58. The van der Waals surface area contributed by atoms with E-state index in [-0.39, 0.29) is 5.75 Å². The minimum atomic E-state index is -0.404. The molecule has 0 atom stereocenters. The van der Waals surface area contributed by atoms with Crippen molar-refractivity contribution in [2.24, 2.45) is 0 Å². The van der Waals surface area contributed by atoms with Crippen LogP contribution in [-0.4, -0.2) is 38.8 Å². The maximum atomic E-state index is 13.4. The summed E-state index contributed by atoms with van der Waals surface area (Å²) in [6, 6.07) is 4.75. The molecule has 0 aliphatic rings. The number of nitrogens with zero attached hydrogens (tertiary/aromatic N) is 1. The monoisotopic (exact) mass is 241 g/mol. The molecule has 0 aromatic heterocycles. The largest absolute Gasteiger partial charge is 0.494 e. The third kappa shape index (κ3) is 3.62. The number of halogens is 1. The zero-order valence-electron chi connectivity index (χ0n) is 10.2. The van der Waals surface area contributed by atoms with Gasteiger partial charge in [-0.1, -0.05) is 6.07 Å². The fraction of sp³-hybridized carbons (Fsp3) is 0.417. The molecule has 0 saturated heterocycles. The van der Waals surface area contributed by atoms with Crippen molar-refractivity contribution in [3.05, 3.63) is 29.6 Å². The van der Waals surface area contributed by atoms with E-state index in [0.29, 0.717) is 13.0 Å². The Kier molecular flexibility index (Phi) is 4.75. The molecule has 1 aromatic carbocycles. The van der Waals surface area contributed by atoms with Gasteiger partial charge in [-0.25, -0.2) is 9.18 Å². The molecule has 0 bridgehead atoms. The third-order valence-electron chi connectivity index (χ3n) is 2.44. The van der Waals surface area contributed by atoms with Crippen LogP contribution in [0.25, 0.3) is 0 Å². The second-order valence-electron chi connectivity index (χ2n) is 3.61. The quantitative estimate of drug-likeness (QED) is 0.810. The Hall–Kier alpha value is -1.78. The number of carbonyl (C=O) groups is 1. The van der Waals surface area contributed by atoms with Gasteiger partial charge in [0.2, 0.25) is 0 Å². The van der Waals surface area contributed by atoms with Gasteiger partial charge in [0, 0.05) is 13.6 Å². The topological polar surface area (TPSA) is 38.8 Å². The number of likely N-dealkylation sites (N-methyl/N-ethyl adjacent to an activating group) is 1. The number of amides is 1. The van der Waals surface area contributed by atoms with E-state index in [1.54, 1.807) is 19.2 Å². The van der Waals surface area contributed by atoms with Crippen LogP contribution in [0.5, 0.6) is 5.75 Å². The molecule has 0 unspecified atom stereocenters. The summed E-state index contributed by atoms with van der Waals surface area (Å²) in [6.45, 7) is 0.471. The molecule has 0 radical (unpaired) electrons. The van der Waals surface area contributed by atoms with E-state index in [1.807, 2.05) is 0 Å². The first kappa shape index (κ1) is 13.3. The van der Waals surface area contributed by atoms with E-state index in [9.17, 15) is 9.18 Å². The second-order valence-corrected chi connectivity index (χ2v) is 3.61. The molecule has 0 aliphatic heterocycles. The van der Waals surface area contributed by atoms with E-state index in [2.05, 4.69) is 4.74 Å². The third-order valence-corrected chi connectivity index (χ3v) is 2.44. The first-order chi connectivity index (χ1) is 8.08. The first-order valence-electron chi connectivity index (χ1n) is 5.20. The van der Waals surface area contributed by atoms with Crippen molar-refractivity contribution in [3.8, 4) is 5.75 Å². The predicted octanol–water partition coefficient (Wildman–Crippen LogP) is 2.08. The van der Waals surface area contributed by atoms with Crippen molar-refractivity contribution in [1.82, 2.24) is 4.90 Å². The maximum absolute atomic E-state index is 13.4. The molecular weight excluding hydrogens is 225 g/mol. The normalized spacial score (nSPS) is 9.88. The van der Waals surface area contributed by atoms with Crippen molar-refractivity contribution in [3.63, 3.8) is 0 Å². The second kappa shape index (κ2) is 6.08. The molecule has 5 heteroatoms. The van der Waals surface area contributed by atoms with E-state index in [4.69, 9.17) is 4.74 Å². The minimum Gasteiger partial charge on any atom is -0.494 e. The lowest BCUT2D eigenvalue weighted by atomic mass is 10.1. The van der Waals surface area contributed by atoms with E-state index < -0.39 is 11.9 Å². The highest BCUT2D eigenvalue weighted by Crippen LogP contribution is 2.17. The summed E-state index contributed by atoms with van der Waals surface area (Å²) >= 11 is 0. The summed E-state index contributed by atoms with van der Waals surface area (Å²) in [5, 5.41) is 0. The summed E-state index contributed by atoms with van der Waals surface area (Å²) in [7, 11) is 4.38. The van der Waals surface area contributed by atoms with Crippen molar-refractivity contribution in [2.45, 2.75) is 6.42 Å². The Bertz CT molecular complexity index is 395. The molecule has 1 amide bonds. The van der Waals surface area contributed by atoms with Crippen LogP contribution in [0.3, 0.4) is 0 Å². The van der Waals surface area contributed by atoms with Crippen LogP contribution >= 0.6 is 0 Å². The molecule has 0 fully saturated rings. The van der Waals surface area contributed by atoms with Crippen molar-refractivity contribution in [1.29, 1.82) is 0 Å². The summed E-state index contributed by atoms with van der Waals surface area (Å²) in [5.74, 6) is -0.180. The minimum absolute atomic E-state index is 0.218. The lowest BCUT2D eigenvalue weighted by Gasteiger charge is -2.15. The SMILES string of the molecule is COC(=O)N(C)CCc1ccc(OC)c(F)c1. The summed E-state index contributed by atoms with van der Waals surface area (Å²) in [6.07, 6.45) is 0.158. The fourth-order valence-corrected chi connectivity index (χ4v) is 1.41. The zero-order chi connectivity index (χ0) is 12.8. The number of rotatable bonds is 4. The average Bonchev–Trinajstić information content (AvgIpc) is 2.35. The Labute approximate surface area is 99.9 Å². The summed E-state index contributed by atoms with van der Waals surface area (Å²) < 4.78 is 22.7. The standard InChI is InChI=1S/C12H16FNO3/c1-14(12(15)17-3)7-6-9-4-5-11(16-2)10(13)8-9/h4-5,8H,6-7H2,1-3H3. The molecule has 94 valence electrons. The van der Waals surface area contributed by atoms with Gasteiger partial charge in [0.15, 0.2) is 11.6 Å². The van der Waals surface area contributed by atoms with E-state index >= 15 is 0 Å². The van der Waals surface area contributed by atoms with E-state index in [1.165, 1.54) is 25.2 Å². The Morgan fingerprint density at radius 1 is 1.41 bits per heavy atom. The number of hydrogen-bond donors (Lipinski definition) is 0. The number of benzene rings is 1. The van der Waals surface area contributed by atoms with Gasteiger partial charge in [-0.15, -0.1) is 0 Å². The lowest BCUT2D eigenvalue weighted by molar-refractivity contribution is 0.134. The van der Waals surface area contributed by atoms with Crippen LogP contribution in [0.15, 0.2) is 18.2 Å². The number of ether oxygens (including phenoxy) is 2. The number of hydrogen-bond acceptors (Lipinski definition) is 3. The fourth-order valence-electron chi connectivity index (χ4n) is 1.41. The van der Waals surface area contributed by atoms with Gasteiger partial charge in [-0.2, -0.15) is 0 Å². The number of methoxy groups -OCH3 is 2. The molecule has 17 heavy (non-hydrogen) atoms. The maximum Gasteiger partial charge on any atom is 0.409 e.